The smallest absolute Gasteiger partial charge is 0.121 e. The largest absolute Gasteiger partial charge is 0.493 e. The molecule has 2 aliphatic rings. The van der Waals surface area contributed by atoms with Gasteiger partial charge in [0.2, 0.25) is 0 Å². The van der Waals surface area contributed by atoms with Gasteiger partial charge in [-0.05, 0) is 25.0 Å². The quantitative estimate of drug-likeness (QED) is 0.795. The van der Waals surface area contributed by atoms with Crippen LogP contribution in [0, 0.1) is 5.92 Å². The van der Waals surface area contributed by atoms with Crippen LogP contribution in [0.1, 0.15) is 12.5 Å². The summed E-state index contributed by atoms with van der Waals surface area (Å²) >= 11 is 0. The third kappa shape index (κ3) is 2.12. The van der Waals surface area contributed by atoms with Crippen LogP contribution >= 0.6 is 0 Å². The summed E-state index contributed by atoms with van der Waals surface area (Å²) in [6.07, 6.45) is 1.17. The summed E-state index contributed by atoms with van der Waals surface area (Å²) in [5.41, 5.74) is 2.81. The lowest BCUT2D eigenvalue weighted by molar-refractivity contribution is -0.0508. The lowest BCUT2D eigenvalue weighted by Crippen LogP contribution is -2.32. The summed E-state index contributed by atoms with van der Waals surface area (Å²) in [7, 11) is 0. The Labute approximate surface area is 102 Å². The SMILES string of the molecule is CCN1CCc2ccc(OCC3COC3)cc21. The Morgan fingerprint density at radius 3 is 3.00 bits per heavy atom. The molecule has 92 valence electrons. The minimum Gasteiger partial charge on any atom is -0.493 e. The second-order valence-electron chi connectivity index (χ2n) is 4.83. The number of anilines is 1. The molecule has 2 aliphatic heterocycles. The molecule has 3 nitrogen and oxygen atoms in total. The summed E-state index contributed by atoms with van der Waals surface area (Å²) in [6, 6.07) is 6.49. The molecule has 3 heteroatoms. The number of likely N-dealkylation sites (N-methyl/N-ethyl adjacent to an activating group) is 1. The number of rotatable bonds is 4. The normalized spacial score (nSPS) is 19.0. The molecule has 0 unspecified atom stereocenters. The van der Waals surface area contributed by atoms with E-state index in [-0.39, 0.29) is 0 Å². The van der Waals surface area contributed by atoms with Crippen molar-refractivity contribution in [2.24, 2.45) is 5.92 Å². The minimum absolute atomic E-state index is 0.588. The van der Waals surface area contributed by atoms with Crippen LogP contribution in [0.15, 0.2) is 18.2 Å². The molecule has 0 N–H and O–H groups in total. The average molecular weight is 233 g/mol. The first-order valence-electron chi connectivity index (χ1n) is 6.45. The van der Waals surface area contributed by atoms with E-state index >= 15 is 0 Å². The first-order chi connectivity index (χ1) is 8.36. The van der Waals surface area contributed by atoms with Gasteiger partial charge in [0.25, 0.3) is 0 Å². The average Bonchev–Trinajstić information content (AvgIpc) is 2.69. The van der Waals surface area contributed by atoms with Crippen molar-refractivity contribution in [2.75, 3.05) is 37.8 Å². The molecular formula is C14H19NO2. The molecule has 1 saturated heterocycles. The zero-order chi connectivity index (χ0) is 11.7. The molecule has 0 bridgehead atoms. The van der Waals surface area contributed by atoms with Crippen molar-refractivity contribution in [2.45, 2.75) is 13.3 Å². The molecule has 0 atom stereocenters. The molecule has 0 aromatic heterocycles. The maximum absolute atomic E-state index is 5.82. The van der Waals surface area contributed by atoms with Crippen molar-refractivity contribution in [1.82, 2.24) is 0 Å². The van der Waals surface area contributed by atoms with Crippen molar-refractivity contribution in [1.29, 1.82) is 0 Å². The van der Waals surface area contributed by atoms with Crippen LogP contribution in [0.2, 0.25) is 0 Å². The van der Waals surface area contributed by atoms with E-state index < -0.39 is 0 Å². The van der Waals surface area contributed by atoms with Crippen LogP contribution in [-0.4, -0.2) is 32.9 Å². The predicted octanol–water partition coefficient (Wildman–Crippen LogP) is 2.09. The fourth-order valence-corrected chi connectivity index (χ4v) is 2.44. The van der Waals surface area contributed by atoms with Crippen molar-refractivity contribution >= 4 is 5.69 Å². The Hall–Kier alpha value is -1.22. The molecule has 1 fully saturated rings. The summed E-state index contributed by atoms with van der Waals surface area (Å²) in [6.45, 7) is 6.91. The highest BCUT2D eigenvalue weighted by Gasteiger charge is 2.20. The van der Waals surface area contributed by atoms with Gasteiger partial charge in [-0.1, -0.05) is 6.07 Å². The summed E-state index contributed by atoms with van der Waals surface area (Å²) < 4.78 is 11.0. The highest BCUT2D eigenvalue weighted by molar-refractivity contribution is 5.60. The van der Waals surface area contributed by atoms with Gasteiger partial charge in [0.1, 0.15) is 5.75 Å². The first-order valence-corrected chi connectivity index (χ1v) is 6.45. The number of hydrogen-bond donors (Lipinski definition) is 0. The van der Waals surface area contributed by atoms with E-state index in [0.717, 1.165) is 38.7 Å². The zero-order valence-electron chi connectivity index (χ0n) is 10.3. The molecule has 1 aromatic carbocycles. The highest BCUT2D eigenvalue weighted by Crippen LogP contribution is 2.31. The summed E-state index contributed by atoms with van der Waals surface area (Å²) in [5.74, 6) is 1.58. The number of benzene rings is 1. The Bertz CT molecular complexity index is 401. The summed E-state index contributed by atoms with van der Waals surface area (Å²) in [5, 5.41) is 0. The van der Waals surface area contributed by atoms with Gasteiger partial charge in [0, 0.05) is 30.8 Å². The highest BCUT2D eigenvalue weighted by atomic mass is 16.5. The van der Waals surface area contributed by atoms with Gasteiger partial charge in [0.15, 0.2) is 0 Å². The molecule has 0 saturated carbocycles. The lowest BCUT2D eigenvalue weighted by Gasteiger charge is -2.26. The fourth-order valence-electron chi connectivity index (χ4n) is 2.44. The molecule has 0 radical (unpaired) electrons. The van der Waals surface area contributed by atoms with Crippen molar-refractivity contribution in [3.05, 3.63) is 23.8 Å². The van der Waals surface area contributed by atoms with Gasteiger partial charge < -0.3 is 14.4 Å². The maximum atomic E-state index is 5.82. The van der Waals surface area contributed by atoms with Crippen LogP contribution in [0.5, 0.6) is 5.75 Å². The number of ether oxygens (including phenoxy) is 2. The van der Waals surface area contributed by atoms with Gasteiger partial charge in [-0.2, -0.15) is 0 Å². The van der Waals surface area contributed by atoms with Crippen LogP contribution in [0.4, 0.5) is 5.69 Å². The second kappa shape index (κ2) is 4.57. The minimum atomic E-state index is 0.588. The Morgan fingerprint density at radius 2 is 2.29 bits per heavy atom. The second-order valence-corrected chi connectivity index (χ2v) is 4.83. The van der Waals surface area contributed by atoms with Gasteiger partial charge in [-0.25, -0.2) is 0 Å². The van der Waals surface area contributed by atoms with Gasteiger partial charge in [-0.15, -0.1) is 0 Å². The number of nitrogens with zero attached hydrogens (tertiary/aromatic N) is 1. The van der Waals surface area contributed by atoms with Crippen LogP contribution < -0.4 is 9.64 Å². The van der Waals surface area contributed by atoms with Gasteiger partial charge in [-0.3, -0.25) is 0 Å². The number of hydrogen-bond acceptors (Lipinski definition) is 3. The van der Waals surface area contributed by atoms with Gasteiger partial charge >= 0.3 is 0 Å². The molecule has 2 heterocycles. The van der Waals surface area contributed by atoms with E-state index in [2.05, 4.69) is 30.0 Å². The standard InChI is InChI=1S/C14H19NO2/c1-2-15-6-5-12-3-4-13(7-14(12)15)17-10-11-8-16-9-11/h3-4,7,11H,2,5-6,8-10H2,1H3. The van der Waals surface area contributed by atoms with E-state index in [1.165, 1.54) is 17.7 Å². The molecular weight excluding hydrogens is 214 g/mol. The van der Waals surface area contributed by atoms with E-state index in [9.17, 15) is 0 Å². The third-order valence-electron chi connectivity index (χ3n) is 3.62. The van der Waals surface area contributed by atoms with E-state index in [1.54, 1.807) is 0 Å². The Kier molecular flexibility index (Phi) is 2.93. The van der Waals surface area contributed by atoms with Crippen molar-refractivity contribution in [3.8, 4) is 5.75 Å². The van der Waals surface area contributed by atoms with Crippen LogP contribution in [0.3, 0.4) is 0 Å². The predicted molar refractivity (Wildman–Crippen MR) is 67.8 cm³/mol. The maximum Gasteiger partial charge on any atom is 0.121 e. The molecule has 17 heavy (non-hydrogen) atoms. The van der Waals surface area contributed by atoms with Crippen LogP contribution in [0.25, 0.3) is 0 Å². The van der Waals surface area contributed by atoms with Crippen molar-refractivity contribution in [3.63, 3.8) is 0 Å². The molecule has 0 amide bonds. The zero-order valence-corrected chi connectivity index (χ0v) is 10.3. The summed E-state index contributed by atoms with van der Waals surface area (Å²) in [4.78, 5) is 2.41. The monoisotopic (exact) mass is 233 g/mol. The van der Waals surface area contributed by atoms with E-state index in [0.29, 0.717) is 5.92 Å². The molecule has 1 aromatic rings. The Morgan fingerprint density at radius 1 is 1.41 bits per heavy atom. The molecule has 3 rings (SSSR count). The third-order valence-corrected chi connectivity index (χ3v) is 3.62. The molecule has 0 aliphatic carbocycles. The lowest BCUT2D eigenvalue weighted by atomic mass is 10.1. The number of fused-ring (bicyclic) bond motifs is 1. The van der Waals surface area contributed by atoms with E-state index in [1.807, 2.05) is 0 Å². The topological polar surface area (TPSA) is 21.7 Å². The van der Waals surface area contributed by atoms with Crippen molar-refractivity contribution < 1.29 is 9.47 Å². The molecule has 0 spiro atoms. The fraction of sp³-hybridized carbons (Fsp3) is 0.571. The van der Waals surface area contributed by atoms with Crippen LogP contribution in [-0.2, 0) is 11.2 Å². The first kappa shape index (κ1) is 10.9. The van der Waals surface area contributed by atoms with E-state index in [4.69, 9.17) is 9.47 Å². The Balaban J connectivity index is 1.69. The van der Waals surface area contributed by atoms with Gasteiger partial charge in [0.05, 0.1) is 19.8 Å².